The van der Waals surface area contributed by atoms with Crippen LogP contribution in [0, 0.1) is 6.92 Å². The number of aromatic nitrogens is 1. The van der Waals surface area contributed by atoms with Crippen molar-refractivity contribution in [1.82, 2.24) is 5.16 Å². The van der Waals surface area contributed by atoms with Crippen molar-refractivity contribution in [2.24, 2.45) is 0 Å². The third-order valence-corrected chi connectivity index (χ3v) is 4.79. The van der Waals surface area contributed by atoms with Gasteiger partial charge in [0.15, 0.2) is 12.4 Å². The van der Waals surface area contributed by atoms with Crippen molar-refractivity contribution >= 4 is 46.8 Å². The van der Waals surface area contributed by atoms with Gasteiger partial charge in [-0.2, -0.15) is 0 Å². The van der Waals surface area contributed by atoms with Crippen LogP contribution in [-0.4, -0.2) is 41.4 Å². The number of carbonyl (C=O) groups is 5. The Morgan fingerprint density at radius 1 is 0.941 bits per heavy atom. The molecule has 0 bridgehead atoms. The Labute approximate surface area is 192 Å². The van der Waals surface area contributed by atoms with Crippen LogP contribution in [0.2, 0.25) is 0 Å². The molecule has 2 N–H and O–H groups in total. The van der Waals surface area contributed by atoms with Crippen molar-refractivity contribution in [3.05, 3.63) is 71.0 Å². The molecule has 0 aliphatic carbocycles. The fourth-order valence-corrected chi connectivity index (χ4v) is 3.29. The highest BCUT2D eigenvalue weighted by Gasteiger charge is 2.38. The lowest BCUT2D eigenvalue weighted by Gasteiger charge is -2.08. The minimum Gasteiger partial charge on any atom is -0.452 e. The van der Waals surface area contributed by atoms with Crippen LogP contribution in [0.1, 0.15) is 43.8 Å². The molecule has 0 unspecified atom stereocenters. The first-order valence-corrected chi connectivity index (χ1v) is 10.0. The molecule has 0 fully saturated rings. The Bertz CT molecular complexity index is 1330. The summed E-state index contributed by atoms with van der Waals surface area (Å²) in [4.78, 5) is 61.8. The molecule has 0 atom stereocenters. The summed E-state index contributed by atoms with van der Waals surface area (Å²) in [7, 11) is 0. The van der Waals surface area contributed by atoms with Crippen molar-refractivity contribution in [3.8, 4) is 0 Å². The molecule has 3 aromatic rings. The maximum Gasteiger partial charge on any atom is 0.338 e. The van der Waals surface area contributed by atoms with Crippen molar-refractivity contribution in [2.75, 3.05) is 22.1 Å². The van der Waals surface area contributed by atoms with Crippen LogP contribution in [0.25, 0.3) is 0 Å². The van der Waals surface area contributed by atoms with Crippen LogP contribution in [-0.2, 0) is 14.3 Å². The molecular weight excluding hydrogens is 444 g/mol. The molecule has 0 saturated heterocycles. The number of nitrogens with zero attached hydrogens (tertiary/aromatic N) is 2. The van der Waals surface area contributed by atoms with Gasteiger partial charge in [0.2, 0.25) is 5.91 Å². The summed E-state index contributed by atoms with van der Waals surface area (Å²) in [5.41, 5.74) is 1.15. The molecule has 1 aromatic heterocycles. The number of rotatable bonds is 6. The van der Waals surface area contributed by atoms with Gasteiger partial charge in [-0.3, -0.25) is 19.2 Å². The molecule has 4 rings (SSSR count). The summed E-state index contributed by atoms with van der Waals surface area (Å²) >= 11 is 0. The fourth-order valence-electron chi connectivity index (χ4n) is 3.29. The molecular formula is C23H18N4O7. The number of amides is 4. The van der Waals surface area contributed by atoms with Crippen molar-refractivity contribution in [3.63, 3.8) is 0 Å². The second-order valence-corrected chi connectivity index (χ2v) is 7.38. The molecule has 11 nitrogen and oxygen atoms in total. The SMILES string of the molecule is CC(=O)Nc1ccc(NC(=O)COC(=O)c2ccc3c(c2)C(=O)N(c2cc(C)on2)C3=O)cc1. The van der Waals surface area contributed by atoms with Gasteiger partial charge in [-0.1, -0.05) is 5.16 Å². The smallest absolute Gasteiger partial charge is 0.338 e. The minimum atomic E-state index is -0.838. The van der Waals surface area contributed by atoms with E-state index in [2.05, 4.69) is 15.8 Å². The molecule has 172 valence electrons. The number of hydrogen-bond acceptors (Lipinski definition) is 8. The number of imide groups is 1. The van der Waals surface area contributed by atoms with Gasteiger partial charge in [0.25, 0.3) is 17.7 Å². The first-order chi connectivity index (χ1) is 16.2. The summed E-state index contributed by atoms with van der Waals surface area (Å²) in [6, 6.07) is 11.7. The van der Waals surface area contributed by atoms with E-state index < -0.39 is 30.3 Å². The first-order valence-electron chi connectivity index (χ1n) is 10.0. The summed E-state index contributed by atoms with van der Waals surface area (Å²) in [5.74, 6) is -2.40. The summed E-state index contributed by atoms with van der Waals surface area (Å²) in [6.07, 6.45) is 0. The normalized spacial score (nSPS) is 12.4. The van der Waals surface area contributed by atoms with Crippen molar-refractivity contribution in [1.29, 1.82) is 0 Å². The molecule has 2 heterocycles. The van der Waals surface area contributed by atoms with E-state index in [9.17, 15) is 24.0 Å². The Kier molecular flexibility index (Phi) is 5.92. The van der Waals surface area contributed by atoms with Crippen LogP contribution in [0.4, 0.5) is 17.2 Å². The van der Waals surface area contributed by atoms with Crippen LogP contribution < -0.4 is 15.5 Å². The zero-order valence-corrected chi connectivity index (χ0v) is 18.1. The number of nitrogens with one attached hydrogen (secondary N) is 2. The van der Waals surface area contributed by atoms with Gasteiger partial charge in [0.1, 0.15) is 5.76 Å². The molecule has 1 aliphatic heterocycles. The van der Waals surface area contributed by atoms with E-state index in [-0.39, 0.29) is 28.4 Å². The third kappa shape index (κ3) is 4.53. The fraction of sp³-hybridized carbons (Fsp3) is 0.130. The number of ether oxygens (including phenoxy) is 1. The molecule has 4 amide bonds. The van der Waals surface area contributed by atoms with Crippen LogP contribution in [0.5, 0.6) is 0 Å². The van der Waals surface area contributed by atoms with Gasteiger partial charge in [0, 0.05) is 24.4 Å². The average molecular weight is 462 g/mol. The van der Waals surface area contributed by atoms with Crippen molar-refractivity contribution < 1.29 is 33.2 Å². The van der Waals surface area contributed by atoms with E-state index in [1.54, 1.807) is 31.2 Å². The Morgan fingerprint density at radius 2 is 1.59 bits per heavy atom. The van der Waals surface area contributed by atoms with Crippen LogP contribution in [0.15, 0.2) is 53.1 Å². The standard InChI is InChI=1S/C23H18N4O7/c1-12-9-19(26-34-12)27-21(30)17-8-3-14(10-18(17)22(27)31)23(32)33-11-20(29)25-16-6-4-15(5-7-16)24-13(2)28/h3-10H,11H2,1-2H3,(H,24,28)(H,25,29). The molecule has 1 aliphatic rings. The monoisotopic (exact) mass is 462 g/mol. The van der Waals surface area contributed by atoms with Gasteiger partial charge in [-0.15, -0.1) is 0 Å². The van der Waals surface area contributed by atoms with Crippen molar-refractivity contribution in [2.45, 2.75) is 13.8 Å². The highest BCUT2D eigenvalue weighted by molar-refractivity contribution is 6.34. The second-order valence-electron chi connectivity index (χ2n) is 7.38. The van der Waals surface area contributed by atoms with Gasteiger partial charge in [-0.25, -0.2) is 9.69 Å². The zero-order chi connectivity index (χ0) is 24.4. The van der Waals surface area contributed by atoms with Gasteiger partial charge in [-0.05, 0) is 49.4 Å². The summed E-state index contributed by atoms with van der Waals surface area (Å²) in [6.45, 7) is 2.44. The average Bonchev–Trinajstić information content (AvgIpc) is 3.33. The number of benzene rings is 2. The van der Waals surface area contributed by atoms with E-state index >= 15 is 0 Å². The molecule has 0 spiro atoms. The number of fused-ring (bicyclic) bond motifs is 1. The Morgan fingerprint density at radius 3 is 2.21 bits per heavy atom. The third-order valence-electron chi connectivity index (χ3n) is 4.79. The summed E-state index contributed by atoms with van der Waals surface area (Å²) in [5, 5.41) is 8.86. The van der Waals surface area contributed by atoms with Gasteiger partial charge < -0.3 is 19.9 Å². The Hall–Kier alpha value is -4.80. The second kappa shape index (κ2) is 8.98. The lowest BCUT2D eigenvalue weighted by molar-refractivity contribution is -0.119. The highest BCUT2D eigenvalue weighted by atomic mass is 16.5. The van der Waals surface area contributed by atoms with Gasteiger partial charge >= 0.3 is 5.97 Å². The number of anilines is 3. The number of hydrogen-bond donors (Lipinski definition) is 2. The minimum absolute atomic E-state index is 0.00513. The van der Waals surface area contributed by atoms with E-state index in [0.717, 1.165) is 4.90 Å². The lowest BCUT2D eigenvalue weighted by Crippen LogP contribution is -2.29. The molecule has 11 heteroatoms. The van der Waals surface area contributed by atoms with E-state index in [4.69, 9.17) is 9.26 Å². The number of aryl methyl sites for hydroxylation is 1. The molecule has 0 radical (unpaired) electrons. The first kappa shape index (κ1) is 22.4. The lowest BCUT2D eigenvalue weighted by atomic mass is 10.1. The van der Waals surface area contributed by atoms with Crippen LogP contribution >= 0.6 is 0 Å². The van der Waals surface area contributed by atoms with E-state index in [1.807, 2.05) is 0 Å². The number of carbonyl (C=O) groups excluding carboxylic acids is 5. The molecule has 0 saturated carbocycles. The predicted octanol–water partition coefficient (Wildman–Crippen LogP) is 2.54. The quantitative estimate of drug-likeness (QED) is 0.419. The largest absolute Gasteiger partial charge is 0.452 e. The Balaban J connectivity index is 1.38. The molecule has 34 heavy (non-hydrogen) atoms. The number of esters is 1. The van der Waals surface area contributed by atoms with Crippen LogP contribution in [0.3, 0.4) is 0 Å². The highest BCUT2D eigenvalue weighted by Crippen LogP contribution is 2.29. The molecule has 2 aromatic carbocycles. The summed E-state index contributed by atoms with van der Waals surface area (Å²) < 4.78 is 9.96. The maximum absolute atomic E-state index is 12.7. The van der Waals surface area contributed by atoms with Gasteiger partial charge in [0.05, 0.1) is 16.7 Å². The topological polar surface area (TPSA) is 148 Å². The predicted molar refractivity (Wildman–Crippen MR) is 118 cm³/mol. The maximum atomic E-state index is 12.7. The zero-order valence-electron chi connectivity index (χ0n) is 18.1. The van der Waals surface area contributed by atoms with E-state index in [0.29, 0.717) is 17.1 Å². The van der Waals surface area contributed by atoms with E-state index in [1.165, 1.54) is 31.2 Å².